The fourth-order valence-electron chi connectivity index (χ4n) is 9.30. The van der Waals surface area contributed by atoms with E-state index in [9.17, 15) is 13.2 Å². The minimum absolute atomic E-state index is 0.0628. The third-order valence-electron chi connectivity index (χ3n) is 12.9. The quantitative estimate of drug-likeness (QED) is 0.349. The molecule has 2 fully saturated rings. The summed E-state index contributed by atoms with van der Waals surface area (Å²) >= 11 is 6.48. The number of benzene rings is 2. The highest BCUT2D eigenvalue weighted by atomic mass is 35.5. The number of amides is 1. The van der Waals surface area contributed by atoms with Gasteiger partial charge in [0.1, 0.15) is 11.6 Å². The molecule has 51 heavy (non-hydrogen) atoms. The second-order valence-electron chi connectivity index (χ2n) is 16.1. The fraction of sp³-hybridized carbons (Fsp3) is 0.590. The number of piperazine rings is 1. The molecule has 0 aromatic heterocycles. The molecule has 2 bridgehead atoms. The lowest BCUT2D eigenvalue weighted by molar-refractivity contribution is -0.124. The van der Waals surface area contributed by atoms with Gasteiger partial charge in [0.15, 0.2) is 5.60 Å². The molecular weight excluding hydrogens is 686 g/mol. The van der Waals surface area contributed by atoms with E-state index >= 15 is 0 Å². The number of hydrogen-bond acceptors (Lipinski definition) is 9. The molecule has 2 spiro atoms. The molecule has 1 N–H and O–H groups in total. The third kappa shape index (κ3) is 6.41. The maximum absolute atomic E-state index is 13.7. The first-order chi connectivity index (χ1) is 24.5. The first-order valence-corrected chi connectivity index (χ1v) is 20.6. The van der Waals surface area contributed by atoms with E-state index in [1.54, 1.807) is 25.1 Å². The van der Waals surface area contributed by atoms with Crippen molar-refractivity contribution in [2.75, 3.05) is 57.8 Å². The fourth-order valence-corrected chi connectivity index (χ4v) is 10.6. The summed E-state index contributed by atoms with van der Waals surface area (Å²) in [5.74, 6) is 1.08. The molecule has 6 atom stereocenters. The standard InChI is InChI=1S/C39H50ClN5O5S/c1-26-6-4-15-39(22-36(41-50-39)44-18-16-43(3)17-19-44)33-11-8-29(33)23-45-24-38(14-5-7-28-20-30(40)9-12-32(28)38)25-49-35-13-10-31(21-34(35)45)51(47,48)42-37(46)27(26)2/h4,9-10,12-13,15,20-21,26-27,29,33H,5-8,11,14,16-19,22-25H2,1-3H3,(H,42,46)/b15-4+/t26-,27+,29-,33+,38-,39+/m0/s1. The Hall–Kier alpha value is -3.28. The van der Waals surface area contributed by atoms with Crippen LogP contribution < -0.4 is 14.4 Å². The molecule has 0 radical (unpaired) electrons. The second-order valence-corrected chi connectivity index (χ2v) is 18.2. The van der Waals surface area contributed by atoms with Crippen LogP contribution in [0.5, 0.6) is 5.75 Å². The van der Waals surface area contributed by atoms with E-state index in [4.69, 9.17) is 26.3 Å². The van der Waals surface area contributed by atoms with Crippen LogP contribution in [0, 0.1) is 23.7 Å². The van der Waals surface area contributed by atoms with Crippen molar-refractivity contribution in [1.29, 1.82) is 0 Å². The van der Waals surface area contributed by atoms with Crippen LogP contribution in [0.25, 0.3) is 0 Å². The van der Waals surface area contributed by atoms with Gasteiger partial charge in [-0.05, 0) is 105 Å². The average molecular weight is 736 g/mol. The summed E-state index contributed by atoms with van der Waals surface area (Å²) in [7, 11) is -1.96. The maximum Gasteiger partial charge on any atom is 0.264 e. The van der Waals surface area contributed by atoms with E-state index < -0.39 is 27.4 Å². The highest BCUT2D eigenvalue weighted by molar-refractivity contribution is 7.90. The van der Waals surface area contributed by atoms with Gasteiger partial charge >= 0.3 is 0 Å². The van der Waals surface area contributed by atoms with Gasteiger partial charge in [-0.2, -0.15) is 0 Å². The van der Waals surface area contributed by atoms with Crippen LogP contribution in [0.1, 0.15) is 63.5 Å². The maximum atomic E-state index is 13.7. The van der Waals surface area contributed by atoms with Crippen molar-refractivity contribution < 1.29 is 22.8 Å². The Morgan fingerprint density at radius 3 is 2.65 bits per heavy atom. The Morgan fingerprint density at radius 1 is 1.04 bits per heavy atom. The van der Waals surface area contributed by atoms with Crippen LogP contribution in [-0.2, 0) is 31.5 Å². The van der Waals surface area contributed by atoms with Crippen molar-refractivity contribution in [1.82, 2.24) is 14.5 Å². The lowest BCUT2D eigenvalue weighted by Gasteiger charge is -2.48. The van der Waals surface area contributed by atoms with Crippen LogP contribution in [0.15, 0.2) is 58.6 Å². The van der Waals surface area contributed by atoms with Crippen molar-refractivity contribution in [2.45, 2.75) is 74.7 Å². The number of carbonyl (C=O) groups excluding carboxylic acids is 1. The average Bonchev–Trinajstić information content (AvgIpc) is 3.45. The molecule has 4 heterocycles. The molecule has 0 unspecified atom stereocenters. The van der Waals surface area contributed by atoms with Gasteiger partial charge in [-0.1, -0.05) is 42.7 Å². The summed E-state index contributed by atoms with van der Waals surface area (Å²) in [6.45, 7) is 9.53. The number of allylic oxidation sites excluding steroid dienone is 1. The molecule has 2 aromatic carbocycles. The van der Waals surface area contributed by atoms with Gasteiger partial charge in [-0.25, -0.2) is 13.1 Å². The predicted molar refractivity (Wildman–Crippen MR) is 199 cm³/mol. The highest BCUT2D eigenvalue weighted by Crippen LogP contribution is 2.51. The van der Waals surface area contributed by atoms with E-state index in [0.717, 1.165) is 87.8 Å². The summed E-state index contributed by atoms with van der Waals surface area (Å²) in [5, 5.41) is 5.50. The number of aryl methyl sites for hydroxylation is 1. The van der Waals surface area contributed by atoms with Gasteiger partial charge in [0.05, 0.1) is 23.6 Å². The van der Waals surface area contributed by atoms with Gasteiger partial charge in [0.25, 0.3) is 10.0 Å². The largest absolute Gasteiger partial charge is 0.490 e. The summed E-state index contributed by atoms with van der Waals surface area (Å²) in [5.41, 5.74) is 2.39. The Kier molecular flexibility index (Phi) is 9.07. The van der Waals surface area contributed by atoms with Crippen molar-refractivity contribution in [3.05, 3.63) is 64.7 Å². The summed E-state index contributed by atoms with van der Waals surface area (Å²) in [6, 6.07) is 11.3. The lowest BCUT2D eigenvalue weighted by Crippen LogP contribution is -2.53. The van der Waals surface area contributed by atoms with Crippen molar-refractivity contribution in [2.24, 2.45) is 28.8 Å². The highest BCUT2D eigenvalue weighted by Gasteiger charge is 2.53. The van der Waals surface area contributed by atoms with E-state index in [1.807, 2.05) is 13.0 Å². The number of rotatable bonds is 0. The number of ether oxygens (including phenoxy) is 1. The van der Waals surface area contributed by atoms with Gasteiger partial charge in [-0.15, -0.1) is 0 Å². The van der Waals surface area contributed by atoms with Crippen LogP contribution in [0.2, 0.25) is 5.02 Å². The second kappa shape index (κ2) is 13.3. The molecule has 4 aliphatic heterocycles. The van der Waals surface area contributed by atoms with Crippen LogP contribution in [-0.4, -0.2) is 88.5 Å². The van der Waals surface area contributed by atoms with Gasteiger partial charge < -0.3 is 24.3 Å². The number of nitrogens with zero attached hydrogens (tertiary/aromatic N) is 4. The van der Waals surface area contributed by atoms with E-state index in [0.29, 0.717) is 25.3 Å². The Morgan fingerprint density at radius 2 is 1.86 bits per heavy atom. The minimum atomic E-state index is -4.12. The molecule has 2 aliphatic carbocycles. The monoisotopic (exact) mass is 735 g/mol. The molecule has 8 rings (SSSR count). The first kappa shape index (κ1) is 34.8. The van der Waals surface area contributed by atoms with Crippen molar-refractivity contribution >= 4 is 39.1 Å². The van der Waals surface area contributed by atoms with Gasteiger partial charge in [-0.3, -0.25) is 4.79 Å². The first-order valence-electron chi connectivity index (χ1n) is 18.7. The molecule has 6 aliphatic rings. The summed E-state index contributed by atoms with van der Waals surface area (Å²) in [6.07, 6.45) is 10.7. The Bertz CT molecular complexity index is 1860. The third-order valence-corrected chi connectivity index (χ3v) is 14.4. The summed E-state index contributed by atoms with van der Waals surface area (Å²) in [4.78, 5) is 27.2. The SMILES string of the molecule is C[C@H]1C/C=C/[C@@]2(CC(N3CCN(C)CC3)=NO2)[C@@H]2CC[C@H]2CN2C[C@@]3(CCCc4cc(Cl)ccc43)COc3ccc(cc32)S(=O)(=O)NC(=O)[C@@H]1C. The molecule has 1 saturated heterocycles. The predicted octanol–water partition coefficient (Wildman–Crippen LogP) is 5.60. The molecule has 10 nitrogen and oxygen atoms in total. The number of hydrogen-bond donors (Lipinski definition) is 1. The zero-order valence-corrected chi connectivity index (χ0v) is 31.5. The number of fused-ring (bicyclic) bond motifs is 5. The zero-order valence-electron chi connectivity index (χ0n) is 29.9. The van der Waals surface area contributed by atoms with E-state index in [-0.39, 0.29) is 28.1 Å². The van der Waals surface area contributed by atoms with E-state index in [2.05, 4.69) is 50.8 Å². The van der Waals surface area contributed by atoms with Crippen LogP contribution in [0.4, 0.5) is 5.69 Å². The molecule has 1 saturated carbocycles. The number of carbonyl (C=O) groups is 1. The Balaban J connectivity index is 1.19. The van der Waals surface area contributed by atoms with Gasteiger partial charge in [0.2, 0.25) is 5.91 Å². The molecular formula is C39H50ClN5O5S. The van der Waals surface area contributed by atoms with Crippen LogP contribution in [0.3, 0.4) is 0 Å². The van der Waals surface area contributed by atoms with Crippen LogP contribution >= 0.6 is 11.6 Å². The number of likely N-dealkylation sites (N-methyl/N-ethyl adjacent to an activating group) is 1. The minimum Gasteiger partial charge on any atom is -0.490 e. The molecule has 274 valence electrons. The zero-order chi connectivity index (χ0) is 35.5. The molecule has 12 heteroatoms. The smallest absolute Gasteiger partial charge is 0.264 e. The number of halogens is 1. The number of sulfonamides is 1. The topological polar surface area (TPSA) is 104 Å². The normalized spacial score (nSPS) is 34.3. The number of nitrogens with one attached hydrogen (secondary N) is 1. The molecule has 1 amide bonds. The van der Waals surface area contributed by atoms with Gasteiger partial charge in [0, 0.05) is 61.5 Å². The number of oxime groups is 1. The lowest BCUT2D eigenvalue weighted by atomic mass is 9.63. The number of amidine groups is 1. The van der Waals surface area contributed by atoms with Crippen molar-refractivity contribution in [3.8, 4) is 5.75 Å². The van der Waals surface area contributed by atoms with Crippen molar-refractivity contribution in [3.63, 3.8) is 0 Å². The van der Waals surface area contributed by atoms with E-state index in [1.165, 1.54) is 11.1 Å². The number of anilines is 1. The molecule has 2 aromatic rings. The Labute approximate surface area is 307 Å². The summed E-state index contributed by atoms with van der Waals surface area (Å²) < 4.78 is 36.5.